The molecule has 0 saturated carbocycles. The van der Waals surface area contributed by atoms with Gasteiger partial charge in [0.05, 0.1) is 0 Å². The molecule has 0 aliphatic carbocycles. The number of nitrogens with zero attached hydrogens (tertiary/aromatic N) is 1. The zero-order valence-corrected chi connectivity index (χ0v) is 18.0. The minimum absolute atomic E-state index is 0.00697. The molecule has 1 fully saturated rings. The van der Waals surface area contributed by atoms with E-state index in [2.05, 4.69) is 15.5 Å². The van der Waals surface area contributed by atoms with Crippen LogP contribution in [-0.2, 0) is 16.0 Å². The maximum absolute atomic E-state index is 12.6. The highest BCUT2D eigenvalue weighted by Gasteiger charge is 2.14. The van der Waals surface area contributed by atoms with E-state index >= 15 is 0 Å². The average molecular weight is 422 g/mol. The number of piperidine rings is 1. The molecule has 1 heterocycles. The van der Waals surface area contributed by atoms with Crippen molar-refractivity contribution >= 4 is 29.2 Å². The fraction of sp³-hybridized carbons (Fsp3) is 0.591. The van der Waals surface area contributed by atoms with Gasteiger partial charge in [0.15, 0.2) is 5.78 Å². The summed E-state index contributed by atoms with van der Waals surface area (Å²) in [5, 5.41) is 6.22. The summed E-state index contributed by atoms with van der Waals surface area (Å²) >= 11 is 6.10. The second kappa shape index (κ2) is 12.6. The summed E-state index contributed by atoms with van der Waals surface area (Å²) in [5.74, 6) is -0.102. The Bertz CT molecular complexity index is 703. The topological polar surface area (TPSA) is 78.5 Å². The van der Waals surface area contributed by atoms with Crippen LogP contribution >= 0.6 is 11.6 Å². The lowest BCUT2D eigenvalue weighted by molar-refractivity contribution is -0.121. The first-order chi connectivity index (χ1) is 14.0. The molecule has 0 bridgehead atoms. The van der Waals surface area contributed by atoms with Gasteiger partial charge in [0, 0.05) is 50.0 Å². The number of carbonyl (C=O) groups excluding carboxylic acids is 3. The third-order valence-electron chi connectivity index (χ3n) is 5.14. The van der Waals surface area contributed by atoms with Crippen LogP contribution in [0.4, 0.5) is 0 Å². The highest BCUT2D eigenvalue weighted by Crippen LogP contribution is 2.20. The fourth-order valence-corrected chi connectivity index (χ4v) is 3.76. The molecule has 0 spiro atoms. The highest BCUT2D eigenvalue weighted by molar-refractivity contribution is 6.30. The molecular formula is C22H32ClN3O3. The van der Waals surface area contributed by atoms with E-state index < -0.39 is 0 Å². The molecule has 1 aliphatic rings. The van der Waals surface area contributed by atoms with Crippen molar-refractivity contribution in [3.63, 3.8) is 0 Å². The summed E-state index contributed by atoms with van der Waals surface area (Å²) in [5.41, 5.74) is 1.41. The maximum atomic E-state index is 12.6. The highest BCUT2D eigenvalue weighted by atomic mass is 35.5. The van der Waals surface area contributed by atoms with Gasteiger partial charge >= 0.3 is 0 Å². The largest absolute Gasteiger partial charge is 0.356 e. The summed E-state index contributed by atoms with van der Waals surface area (Å²) < 4.78 is 0. The number of benzene rings is 1. The first-order valence-electron chi connectivity index (χ1n) is 10.5. The van der Waals surface area contributed by atoms with Gasteiger partial charge in [-0.2, -0.15) is 0 Å². The SMILES string of the molecule is CC(=O)NCCCC(=O)c1ccc(Cl)cc1CCC(=O)NCCN1CCCCC1. The van der Waals surface area contributed by atoms with Gasteiger partial charge in [0.1, 0.15) is 0 Å². The molecule has 2 amide bonds. The molecule has 0 atom stereocenters. The molecular weight excluding hydrogens is 390 g/mol. The number of halogens is 1. The Hall–Kier alpha value is -1.92. The van der Waals surface area contributed by atoms with E-state index in [1.54, 1.807) is 18.2 Å². The first-order valence-corrected chi connectivity index (χ1v) is 10.9. The van der Waals surface area contributed by atoms with Crippen LogP contribution < -0.4 is 10.6 Å². The smallest absolute Gasteiger partial charge is 0.220 e. The maximum Gasteiger partial charge on any atom is 0.220 e. The van der Waals surface area contributed by atoms with Crippen molar-refractivity contribution in [2.45, 2.75) is 51.9 Å². The summed E-state index contributed by atoms with van der Waals surface area (Å²) in [7, 11) is 0. The van der Waals surface area contributed by atoms with E-state index in [4.69, 9.17) is 11.6 Å². The number of likely N-dealkylation sites (tertiary alicyclic amines) is 1. The second-order valence-corrected chi connectivity index (χ2v) is 8.00. The molecule has 1 aromatic rings. The lowest BCUT2D eigenvalue weighted by Gasteiger charge is -2.26. The molecule has 0 aromatic heterocycles. The zero-order chi connectivity index (χ0) is 21.1. The second-order valence-electron chi connectivity index (χ2n) is 7.56. The molecule has 1 aliphatic heterocycles. The van der Waals surface area contributed by atoms with Crippen molar-refractivity contribution in [1.29, 1.82) is 0 Å². The van der Waals surface area contributed by atoms with Gasteiger partial charge in [0.2, 0.25) is 11.8 Å². The van der Waals surface area contributed by atoms with Crippen LogP contribution in [0.2, 0.25) is 5.02 Å². The summed E-state index contributed by atoms with van der Waals surface area (Å²) in [6.45, 7) is 5.71. The van der Waals surface area contributed by atoms with Crippen LogP contribution in [-0.4, -0.2) is 55.2 Å². The van der Waals surface area contributed by atoms with Crippen molar-refractivity contribution in [3.8, 4) is 0 Å². The standard InChI is InChI=1S/C22H32ClN3O3/c1-17(27)24-11-5-6-21(28)20-9-8-19(23)16-18(20)7-10-22(29)25-12-15-26-13-3-2-4-14-26/h8-9,16H,2-7,10-15H2,1H3,(H,24,27)(H,25,29). The Morgan fingerprint density at radius 3 is 2.52 bits per heavy atom. The quantitative estimate of drug-likeness (QED) is 0.425. The molecule has 0 radical (unpaired) electrons. The summed E-state index contributed by atoms with van der Waals surface area (Å²) in [6, 6.07) is 5.20. The fourth-order valence-electron chi connectivity index (χ4n) is 3.56. The number of carbonyl (C=O) groups is 3. The van der Waals surface area contributed by atoms with Gasteiger partial charge in [-0.1, -0.05) is 18.0 Å². The summed E-state index contributed by atoms with van der Waals surface area (Å²) in [6.07, 6.45) is 5.51. The van der Waals surface area contributed by atoms with E-state index in [1.807, 2.05) is 0 Å². The molecule has 2 rings (SSSR count). The third kappa shape index (κ3) is 8.96. The number of hydrogen-bond acceptors (Lipinski definition) is 4. The number of aryl methyl sites for hydroxylation is 1. The number of hydrogen-bond donors (Lipinski definition) is 2. The van der Waals surface area contributed by atoms with E-state index in [0.717, 1.165) is 25.2 Å². The van der Waals surface area contributed by atoms with E-state index in [9.17, 15) is 14.4 Å². The minimum Gasteiger partial charge on any atom is -0.356 e. The van der Waals surface area contributed by atoms with E-state index in [-0.39, 0.29) is 17.6 Å². The Morgan fingerprint density at radius 2 is 1.79 bits per heavy atom. The van der Waals surface area contributed by atoms with Crippen molar-refractivity contribution in [1.82, 2.24) is 15.5 Å². The zero-order valence-electron chi connectivity index (χ0n) is 17.3. The molecule has 160 valence electrons. The van der Waals surface area contributed by atoms with Crippen LogP contribution in [0.15, 0.2) is 18.2 Å². The summed E-state index contributed by atoms with van der Waals surface area (Å²) in [4.78, 5) is 38.1. The first kappa shape index (κ1) is 23.4. The van der Waals surface area contributed by atoms with Gasteiger partial charge in [-0.25, -0.2) is 0 Å². The van der Waals surface area contributed by atoms with Crippen LogP contribution in [0.3, 0.4) is 0 Å². The predicted molar refractivity (Wildman–Crippen MR) is 115 cm³/mol. The Labute approximate surface area is 178 Å². The van der Waals surface area contributed by atoms with Crippen LogP contribution in [0, 0.1) is 0 Å². The minimum atomic E-state index is -0.101. The number of rotatable bonds is 11. The average Bonchev–Trinajstić information content (AvgIpc) is 2.70. The van der Waals surface area contributed by atoms with Gasteiger partial charge in [-0.15, -0.1) is 0 Å². The molecule has 7 heteroatoms. The van der Waals surface area contributed by atoms with Gasteiger partial charge < -0.3 is 15.5 Å². The lowest BCUT2D eigenvalue weighted by Crippen LogP contribution is -2.37. The van der Waals surface area contributed by atoms with Crippen molar-refractivity contribution < 1.29 is 14.4 Å². The lowest BCUT2D eigenvalue weighted by atomic mass is 9.97. The number of ketones is 1. The molecule has 29 heavy (non-hydrogen) atoms. The van der Waals surface area contributed by atoms with Crippen LogP contribution in [0.5, 0.6) is 0 Å². The number of nitrogens with one attached hydrogen (secondary N) is 2. The Kier molecular flexibility index (Phi) is 10.2. The third-order valence-corrected chi connectivity index (χ3v) is 5.38. The molecule has 2 N–H and O–H groups in total. The normalized spacial score (nSPS) is 14.4. The molecule has 0 unspecified atom stereocenters. The number of Topliss-reactive ketones (excluding diaryl/α,β-unsaturated/α-hetero) is 1. The van der Waals surface area contributed by atoms with Gasteiger partial charge in [-0.3, -0.25) is 14.4 Å². The molecule has 6 nitrogen and oxygen atoms in total. The molecule has 1 saturated heterocycles. The monoisotopic (exact) mass is 421 g/mol. The van der Waals surface area contributed by atoms with Crippen molar-refractivity contribution in [3.05, 3.63) is 34.3 Å². The van der Waals surface area contributed by atoms with Crippen molar-refractivity contribution in [2.75, 3.05) is 32.7 Å². The predicted octanol–water partition coefficient (Wildman–Crippen LogP) is 2.97. The Morgan fingerprint density at radius 1 is 1.03 bits per heavy atom. The van der Waals surface area contributed by atoms with E-state index in [1.165, 1.54) is 26.2 Å². The van der Waals surface area contributed by atoms with Gasteiger partial charge in [-0.05, 0) is 62.5 Å². The van der Waals surface area contributed by atoms with Crippen LogP contribution in [0.1, 0.15) is 61.4 Å². The van der Waals surface area contributed by atoms with Gasteiger partial charge in [0.25, 0.3) is 0 Å². The number of amides is 2. The molecule has 1 aromatic carbocycles. The van der Waals surface area contributed by atoms with Crippen molar-refractivity contribution in [2.24, 2.45) is 0 Å². The Balaban J connectivity index is 1.79. The van der Waals surface area contributed by atoms with E-state index in [0.29, 0.717) is 49.4 Å². The van der Waals surface area contributed by atoms with Crippen LogP contribution in [0.25, 0.3) is 0 Å².